The summed E-state index contributed by atoms with van der Waals surface area (Å²) < 4.78 is 5.40. The molecule has 3 nitrogen and oxygen atoms in total. The maximum Gasteiger partial charge on any atom is 0.0762 e. The molecule has 1 saturated carbocycles. The smallest absolute Gasteiger partial charge is 0.0762 e. The monoisotopic (exact) mass is 280 g/mol. The van der Waals surface area contributed by atoms with Gasteiger partial charge in [0, 0.05) is 43.5 Å². The van der Waals surface area contributed by atoms with Crippen molar-refractivity contribution in [2.75, 3.05) is 25.1 Å². The quantitative estimate of drug-likeness (QED) is 0.898. The van der Waals surface area contributed by atoms with Gasteiger partial charge in [-0.25, -0.2) is 0 Å². The molecule has 2 aliphatic rings. The molecule has 104 valence electrons. The number of rotatable bonds is 5. The van der Waals surface area contributed by atoms with Crippen molar-refractivity contribution in [2.24, 2.45) is 0 Å². The Bertz CT molecular complexity index is 448. The van der Waals surface area contributed by atoms with E-state index < -0.39 is 0 Å². The normalized spacial score (nSPS) is 23.1. The average molecular weight is 281 g/mol. The van der Waals surface area contributed by atoms with Gasteiger partial charge in [-0.2, -0.15) is 0 Å². The number of ether oxygens (including phenoxy) is 1. The fraction of sp³-hybridized carbons (Fsp3) is 0.600. The highest BCUT2D eigenvalue weighted by Crippen LogP contribution is 2.28. The van der Waals surface area contributed by atoms with Crippen LogP contribution in [0.1, 0.15) is 24.8 Å². The lowest BCUT2D eigenvalue weighted by Crippen LogP contribution is -2.22. The van der Waals surface area contributed by atoms with Crippen molar-refractivity contribution in [1.82, 2.24) is 5.32 Å². The van der Waals surface area contributed by atoms with Crippen LogP contribution in [0.15, 0.2) is 18.2 Å². The molecule has 1 atom stereocenters. The maximum absolute atomic E-state index is 6.38. The van der Waals surface area contributed by atoms with E-state index in [2.05, 4.69) is 28.4 Å². The Labute approximate surface area is 119 Å². The molecule has 1 heterocycles. The zero-order valence-corrected chi connectivity index (χ0v) is 12.1. The molecule has 0 radical (unpaired) electrons. The molecule has 1 unspecified atom stereocenters. The molecule has 1 saturated heterocycles. The Morgan fingerprint density at radius 3 is 2.84 bits per heavy atom. The Morgan fingerprint density at radius 1 is 1.37 bits per heavy atom. The van der Waals surface area contributed by atoms with Crippen LogP contribution in [0, 0.1) is 0 Å². The summed E-state index contributed by atoms with van der Waals surface area (Å²) >= 11 is 6.38. The predicted octanol–water partition coefficient (Wildman–Crippen LogP) is 2.82. The Morgan fingerprint density at radius 2 is 2.21 bits per heavy atom. The molecule has 1 aromatic carbocycles. The highest BCUT2D eigenvalue weighted by Gasteiger charge is 2.23. The van der Waals surface area contributed by atoms with Crippen molar-refractivity contribution < 1.29 is 4.74 Å². The second-order valence-corrected chi connectivity index (χ2v) is 5.93. The Hall–Kier alpha value is -0.770. The van der Waals surface area contributed by atoms with Crippen molar-refractivity contribution in [1.29, 1.82) is 0 Å². The van der Waals surface area contributed by atoms with E-state index in [1.54, 1.807) is 7.11 Å². The van der Waals surface area contributed by atoms with Crippen molar-refractivity contribution >= 4 is 17.3 Å². The van der Waals surface area contributed by atoms with Crippen LogP contribution < -0.4 is 10.2 Å². The van der Waals surface area contributed by atoms with E-state index in [0.29, 0.717) is 6.10 Å². The molecular formula is C15H21ClN2O. The maximum atomic E-state index is 6.38. The summed E-state index contributed by atoms with van der Waals surface area (Å²) in [5, 5.41) is 4.37. The summed E-state index contributed by atoms with van der Waals surface area (Å²) in [5.74, 6) is 0. The molecule has 0 spiro atoms. The van der Waals surface area contributed by atoms with Gasteiger partial charge in [-0.15, -0.1) is 0 Å². The third-order valence-corrected chi connectivity index (χ3v) is 4.39. The minimum absolute atomic E-state index is 0.356. The van der Waals surface area contributed by atoms with Gasteiger partial charge in [-0.3, -0.25) is 0 Å². The van der Waals surface area contributed by atoms with Gasteiger partial charge in [0.25, 0.3) is 0 Å². The minimum Gasteiger partial charge on any atom is -0.380 e. The minimum atomic E-state index is 0.356. The SMILES string of the molecule is COC1CCN(c2ccc(CNC3CC3)c(Cl)c2)C1. The van der Waals surface area contributed by atoms with Crippen molar-refractivity contribution in [3.05, 3.63) is 28.8 Å². The zero-order valence-electron chi connectivity index (χ0n) is 11.4. The molecule has 1 aromatic rings. The molecule has 0 amide bonds. The summed E-state index contributed by atoms with van der Waals surface area (Å²) in [6, 6.07) is 7.13. The van der Waals surface area contributed by atoms with E-state index in [0.717, 1.165) is 37.1 Å². The van der Waals surface area contributed by atoms with Crippen LogP contribution in [0.25, 0.3) is 0 Å². The topological polar surface area (TPSA) is 24.5 Å². The lowest BCUT2D eigenvalue weighted by molar-refractivity contribution is 0.121. The highest BCUT2D eigenvalue weighted by molar-refractivity contribution is 6.31. The third kappa shape index (κ3) is 3.22. The van der Waals surface area contributed by atoms with E-state index in [1.165, 1.54) is 24.1 Å². The fourth-order valence-electron chi connectivity index (χ4n) is 2.57. The number of hydrogen-bond acceptors (Lipinski definition) is 3. The van der Waals surface area contributed by atoms with Crippen LogP contribution in [0.2, 0.25) is 5.02 Å². The number of hydrogen-bond donors (Lipinski definition) is 1. The summed E-state index contributed by atoms with van der Waals surface area (Å²) in [5.41, 5.74) is 2.40. The number of nitrogens with one attached hydrogen (secondary N) is 1. The molecule has 2 fully saturated rings. The standard InChI is InChI=1S/C15H21ClN2O/c1-19-14-6-7-18(10-14)13-5-2-11(15(16)8-13)9-17-12-3-4-12/h2,5,8,12,14,17H,3-4,6-7,9-10H2,1H3. The second kappa shape index (κ2) is 5.70. The van der Waals surface area contributed by atoms with Crippen LogP contribution in [-0.2, 0) is 11.3 Å². The van der Waals surface area contributed by atoms with Crippen LogP contribution in [0.4, 0.5) is 5.69 Å². The van der Waals surface area contributed by atoms with E-state index in [9.17, 15) is 0 Å². The summed E-state index contributed by atoms with van der Waals surface area (Å²) in [7, 11) is 1.79. The first-order valence-electron chi connectivity index (χ1n) is 7.06. The zero-order chi connectivity index (χ0) is 13.2. The number of benzene rings is 1. The molecule has 4 heteroatoms. The first-order chi connectivity index (χ1) is 9.26. The van der Waals surface area contributed by atoms with E-state index >= 15 is 0 Å². The van der Waals surface area contributed by atoms with Gasteiger partial charge in [0.2, 0.25) is 0 Å². The predicted molar refractivity (Wildman–Crippen MR) is 78.9 cm³/mol. The van der Waals surface area contributed by atoms with E-state index in [-0.39, 0.29) is 0 Å². The van der Waals surface area contributed by atoms with Crippen molar-refractivity contribution in [3.8, 4) is 0 Å². The number of nitrogens with zero attached hydrogens (tertiary/aromatic N) is 1. The second-order valence-electron chi connectivity index (χ2n) is 5.52. The summed E-state index contributed by atoms with van der Waals surface area (Å²) in [6.07, 6.45) is 4.07. The summed E-state index contributed by atoms with van der Waals surface area (Å²) in [6.45, 7) is 2.89. The average Bonchev–Trinajstić information content (AvgIpc) is 3.12. The summed E-state index contributed by atoms with van der Waals surface area (Å²) in [4.78, 5) is 2.35. The molecule has 0 aromatic heterocycles. The lowest BCUT2D eigenvalue weighted by atomic mass is 10.2. The Balaban J connectivity index is 1.64. The van der Waals surface area contributed by atoms with Gasteiger partial charge in [0.15, 0.2) is 0 Å². The number of anilines is 1. The molecule has 3 rings (SSSR count). The third-order valence-electron chi connectivity index (χ3n) is 4.04. The largest absolute Gasteiger partial charge is 0.380 e. The van der Waals surface area contributed by atoms with Gasteiger partial charge in [-0.1, -0.05) is 17.7 Å². The van der Waals surface area contributed by atoms with Gasteiger partial charge < -0.3 is 15.0 Å². The van der Waals surface area contributed by atoms with Crippen LogP contribution in [-0.4, -0.2) is 32.3 Å². The van der Waals surface area contributed by atoms with Crippen LogP contribution in [0.5, 0.6) is 0 Å². The van der Waals surface area contributed by atoms with Gasteiger partial charge in [0.1, 0.15) is 0 Å². The Kier molecular flexibility index (Phi) is 3.96. The molecule has 19 heavy (non-hydrogen) atoms. The number of halogens is 1. The van der Waals surface area contributed by atoms with Crippen LogP contribution in [0.3, 0.4) is 0 Å². The molecule has 1 aliphatic heterocycles. The molecular weight excluding hydrogens is 260 g/mol. The van der Waals surface area contributed by atoms with Gasteiger partial charge >= 0.3 is 0 Å². The van der Waals surface area contributed by atoms with Crippen LogP contribution >= 0.6 is 11.6 Å². The molecule has 1 N–H and O–H groups in total. The van der Waals surface area contributed by atoms with E-state index in [1.807, 2.05) is 0 Å². The fourth-order valence-corrected chi connectivity index (χ4v) is 2.81. The van der Waals surface area contributed by atoms with Gasteiger partial charge in [-0.05, 0) is 37.0 Å². The lowest BCUT2D eigenvalue weighted by Gasteiger charge is -2.19. The molecule has 1 aliphatic carbocycles. The van der Waals surface area contributed by atoms with Gasteiger partial charge in [0.05, 0.1) is 6.10 Å². The highest BCUT2D eigenvalue weighted by atomic mass is 35.5. The number of methoxy groups -OCH3 is 1. The van der Waals surface area contributed by atoms with E-state index in [4.69, 9.17) is 16.3 Å². The van der Waals surface area contributed by atoms with Crippen molar-refractivity contribution in [3.63, 3.8) is 0 Å². The first kappa shape index (κ1) is 13.2. The molecule has 0 bridgehead atoms. The van der Waals surface area contributed by atoms with Crippen molar-refractivity contribution in [2.45, 2.75) is 38.0 Å². The first-order valence-corrected chi connectivity index (χ1v) is 7.43.